The maximum absolute atomic E-state index is 5.79. The second-order valence-corrected chi connectivity index (χ2v) is 4.03. The molecule has 1 aliphatic heterocycles. The Kier molecular flexibility index (Phi) is 3.56. The van der Waals surface area contributed by atoms with Crippen molar-refractivity contribution in [1.29, 1.82) is 0 Å². The first kappa shape index (κ1) is 10.9. The van der Waals surface area contributed by atoms with Crippen LogP contribution < -0.4 is 5.32 Å². The van der Waals surface area contributed by atoms with Gasteiger partial charge in [0.2, 0.25) is 5.28 Å². The van der Waals surface area contributed by atoms with Crippen LogP contribution in [0.4, 0.5) is 5.82 Å². The molecule has 7 heteroatoms. The Balaban J connectivity index is 1.94. The summed E-state index contributed by atoms with van der Waals surface area (Å²) in [4.78, 5) is 3.94. The zero-order valence-electron chi connectivity index (χ0n) is 7.91. The van der Waals surface area contributed by atoms with Crippen molar-refractivity contribution in [1.82, 2.24) is 15.2 Å². The Morgan fingerprint density at radius 1 is 1.40 bits per heavy atom. The van der Waals surface area contributed by atoms with Gasteiger partial charge in [0.15, 0.2) is 11.0 Å². The van der Waals surface area contributed by atoms with E-state index in [0.717, 1.165) is 26.2 Å². The summed E-state index contributed by atoms with van der Waals surface area (Å²) in [7, 11) is 0. The Morgan fingerprint density at radius 3 is 3.00 bits per heavy atom. The number of ether oxygens (including phenoxy) is 1. The standard InChI is InChI=1S/C8H10Cl2N4O/c9-6-7(12-8(10)14-13-6)11-3-5-1-2-15-4-5/h5H,1-4H2,(H,11,12,14). The average Bonchev–Trinajstić information content (AvgIpc) is 2.72. The molecule has 2 heterocycles. The Labute approximate surface area is 97.1 Å². The van der Waals surface area contributed by atoms with Crippen LogP contribution in [0.1, 0.15) is 6.42 Å². The first-order valence-corrected chi connectivity index (χ1v) is 5.38. The van der Waals surface area contributed by atoms with Crippen LogP contribution in [-0.2, 0) is 4.74 Å². The number of halogens is 2. The molecule has 5 nitrogen and oxygen atoms in total. The van der Waals surface area contributed by atoms with E-state index in [1.807, 2.05) is 0 Å². The van der Waals surface area contributed by atoms with Crippen molar-refractivity contribution in [2.75, 3.05) is 25.1 Å². The lowest BCUT2D eigenvalue weighted by molar-refractivity contribution is 0.187. The maximum atomic E-state index is 5.79. The Hall–Kier alpha value is -0.650. The van der Waals surface area contributed by atoms with E-state index >= 15 is 0 Å². The third kappa shape index (κ3) is 2.90. The van der Waals surface area contributed by atoms with Crippen LogP contribution in [0.5, 0.6) is 0 Å². The van der Waals surface area contributed by atoms with Crippen molar-refractivity contribution in [3.63, 3.8) is 0 Å². The molecule has 1 aromatic heterocycles. The van der Waals surface area contributed by atoms with Crippen LogP contribution in [0.2, 0.25) is 10.4 Å². The van der Waals surface area contributed by atoms with E-state index in [4.69, 9.17) is 27.9 Å². The summed E-state index contributed by atoms with van der Waals surface area (Å²) in [6, 6.07) is 0. The zero-order chi connectivity index (χ0) is 10.7. The fourth-order valence-corrected chi connectivity index (χ4v) is 1.66. The lowest BCUT2D eigenvalue weighted by Gasteiger charge is -2.10. The third-order valence-corrected chi connectivity index (χ3v) is 2.62. The van der Waals surface area contributed by atoms with E-state index in [2.05, 4.69) is 20.5 Å². The molecule has 0 aromatic carbocycles. The van der Waals surface area contributed by atoms with Gasteiger partial charge in [-0.1, -0.05) is 11.6 Å². The molecule has 1 fully saturated rings. The minimum absolute atomic E-state index is 0.0876. The van der Waals surface area contributed by atoms with Gasteiger partial charge in [0.25, 0.3) is 0 Å². The molecule has 82 valence electrons. The molecule has 0 aliphatic carbocycles. The summed E-state index contributed by atoms with van der Waals surface area (Å²) in [5, 5.41) is 10.6. The highest BCUT2D eigenvalue weighted by Gasteiger charge is 2.16. The average molecular weight is 249 g/mol. The van der Waals surface area contributed by atoms with Gasteiger partial charge >= 0.3 is 0 Å². The second-order valence-electron chi connectivity index (χ2n) is 3.33. The summed E-state index contributed by atoms with van der Waals surface area (Å²) in [6.07, 6.45) is 1.05. The van der Waals surface area contributed by atoms with Crippen molar-refractivity contribution in [2.45, 2.75) is 6.42 Å². The summed E-state index contributed by atoms with van der Waals surface area (Å²) < 4.78 is 5.25. The molecule has 0 amide bonds. The predicted octanol–water partition coefficient (Wildman–Crippen LogP) is 1.63. The van der Waals surface area contributed by atoms with Gasteiger partial charge in [0.05, 0.1) is 6.61 Å². The molecule has 0 bridgehead atoms. The van der Waals surface area contributed by atoms with E-state index in [1.165, 1.54) is 0 Å². The molecule has 0 saturated carbocycles. The van der Waals surface area contributed by atoms with Gasteiger partial charge in [-0.3, -0.25) is 0 Å². The van der Waals surface area contributed by atoms with Gasteiger partial charge in [-0.05, 0) is 18.0 Å². The monoisotopic (exact) mass is 248 g/mol. The van der Waals surface area contributed by atoms with Crippen LogP contribution in [0, 0.1) is 5.92 Å². The highest BCUT2D eigenvalue weighted by Crippen LogP contribution is 2.18. The molecule has 15 heavy (non-hydrogen) atoms. The van der Waals surface area contributed by atoms with E-state index in [0.29, 0.717) is 11.7 Å². The van der Waals surface area contributed by atoms with Crippen molar-refractivity contribution in [2.24, 2.45) is 5.92 Å². The minimum Gasteiger partial charge on any atom is -0.381 e. The molecule has 1 saturated heterocycles. The maximum Gasteiger partial charge on any atom is 0.245 e. The summed E-state index contributed by atoms with van der Waals surface area (Å²) in [6.45, 7) is 2.36. The first-order chi connectivity index (χ1) is 7.25. The Morgan fingerprint density at radius 2 is 2.27 bits per heavy atom. The molecule has 0 radical (unpaired) electrons. The molecular formula is C8H10Cl2N4O. The highest BCUT2D eigenvalue weighted by molar-refractivity contribution is 6.32. The molecule has 1 atom stereocenters. The smallest absolute Gasteiger partial charge is 0.245 e. The van der Waals surface area contributed by atoms with Gasteiger partial charge in [-0.2, -0.15) is 4.98 Å². The van der Waals surface area contributed by atoms with E-state index in [1.54, 1.807) is 0 Å². The quantitative estimate of drug-likeness (QED) is 0.882. The number of anilines is 1. The molecule has 1 unspecified atom stereocenters. The van der Waals surface area contributed by atoms with Crippen molar-refractivity contribution < 1.29 is 4.74 Å². The SMILES string of the molecule is Clc1nnc(Cl)c(NCC2CCOC2)n1. The van der Waals surface area contributed by atoms with Crippen LogP contribution in [0.25, 0.3) is 0 Å². The van der Waals surface area contributed by atoms with Crippen LogP contribution in [0.15, 0.2) is 0 Å². The first-order valence-electron chi connectivity index (χ1n) is 4.63. The molecule has 1 N–H and O–H groups in total. The van der Waals surface area contributed by atoms with Crippen LogP contribution >= 0.6 is 23.2 Å². The fourth-order valence-electron chi connectivity index (χ4n) is 1.39. The largest absolute Gasteiger partial charge is 0.381 e. The lowest BCUT2D eigenvalue weighted by Crippen LogP contribution is -2.15. The molecule has 1 aromatic rings. The molecule has 0 spiro atoms. The minimum atomic E-state index is 0.0876. The number of nitrogens with one attached hydrogen (secondary N) is 1. The van der Waals surface area contributed by atoms with Gasteiger partial charge in [0, 0.05) is 19.1 Å². The van der Waals surface area contributed by atoms with Gasteiger partial charge in [0.1, 0.15) is 0 Å². The normalized spacial score (nSPS) is 20.5. The number of nitrogens with zero attached hydrogens (tertiary/aromatic N) is 3. The lowest BCUT2D eigenvalue weighted by atomic mass is 10.1. The van der Waals surface area contributed by atoms with Crippen molar-refractivity contribution >= 4 is 29.0 Å². The summed E-state index contributed by atoms with van der Waals surface area (Å²) in [5.74, 6) is 0.971. The number of rotatable bonds is 3. The molecule has 2 rings (SSSR count). The third-order valence-electron chi connectivity index (χ3n) is 2.20. The fraction of sp³-hybridized carbons (Fsp3) is 0.625. The molecule has 1 aliphatic rings. The number of hydrogen-bond donors (Lipinski definition) is 1. The zero-order valence-corrected chi connectivity index (χ0v) is 9.42. The summed E-state index contributed by atoms with van der Waals surface area (Å²) >= 11 is 11.4. The molecular weight excluding hydrogens is 239 g/mol. The summed E-state index contributed by atoms with van der Waals surface area (Å²) in [5.41, 5.74) is 0. The van der Waals surface area contributed by atoms with Crippen LogP contribution in [0.3, 0.4) is 0 Å². The van der Waals surface area contributed by atoms with Gasteiger partial charge < -0.3 is 10.1 Å². The topological polar surface area (TPSA) is 59.9 Å². The van der Waals surface area contributed by atoms with Gasteiger partial charge in [-0.15, -0.1) is 10.2 Å². The second kappa shape index (κ2) is 4.92. The van der Waals surface area contributed by atoms with Crippen LogP contribution in [-0.4, -0.2) is 34.9 Å². The number of aromatic nitrogens is 3. The van der Waals surface area contributed by atoms with Gasteiger partial charge in [-0.25, -0.2) is 0 Å². The highest BCUT2D eigenvalue weighted by atomic mass is 35.5. The van der Waals surface area contributed by atoms with E-state index < -0.39 is 0 Å². The van der Waals surface area contributed by atoms with E-state index in [-0.39, 0.29) is 10.4 Å². The Bertz CT molecular complexity index is 343. The predicted molar refractivity (Wildman–Crippen MR) is 57.3 cm³/mol. The van der Waals surface area contributed by atoms with Crippen molar-refractivity contribution in [3.05, 3.63) is 10.4 Å². The van der Waals surface area contributed by atoms with E-state index in [9.17, 15) is 0 Å². The number of hydrogen-bond acceptors (Lipinski definition) is 5. The van der Waals surface area contributed by atoms with Crippen molar-refractivity contribution in [3.8, 4) is 0 Å².